The Morgan fingerprint density at radius 3 is 2.90 bits per heavy atom. The molecule has 0 saturated heterocycles. The summed E-state index contributed by atoms with van der Waals surface area (Å²) in [6.07, 6.45) is 4.55. The third kappa shape index (κ3) is 4.46. The van der Waals surface area contributed by atoms with E-state index < -0.39 is 6.10 Å². The largest absolute Gasteiger partial charge is 0.481 e. The van der Waals surface area contributed by atoms with E-state index >= 15 is 0 Å². The Morgan fingerprint density at radius 1 is 1.33 bits per heavy atom. The third-order valence-corrected chi connectivity index (χ3v) is 3.84. The van der Waals surface area contributed by atoms with Gasteiger partial charge in [-0.3, -0.25) is 4.79 Å². The number of nitrogens with one attached hydrogen (secondary N) is 1. The molecule has 21 heavy (non-hydrogen) atoms. The van der Waals surface area contributed by atoms with Crippen LogP contribution in [0, 0.1) is 0 Å². The summed E-state index contributed by atoms with van der Waals surface area (Å²) in [6.45, 7) is 3.24. The first-order chi connectivity index (χ1) is 10.2. The SMILES string of the molecule is CC[C@@H](Oc1ccc2c(c1)CCC2)C(=O)NCCCOC. The molecule has 0 unspecified atom stereocenters. The molecule has 0 bridgehead atoms. The summed E-state index contributed by atoms with van der Waals surface area (Å²) in [4.78, 5) is 12.1. The van der Waals surface area contributed by atoms with Crippen molar-refractivity contribution in [2.75, 3.05) is 20.3 Å². The lowest BCUT2D eigenvalue weighted by atomic mass is 10.1. The van der Waals surface area contributed by atoms with E-state index in [1.807, 2.05) is 13.0 Å². The fourth-order valence-corrected chi connectivity index (χ4v) is 2.65. The minimum absolute atomic E-state index is 0.0471. The molecule has 0 aromatic heterocycles. The summed E-state index contributed by atoms with van der Waals surface area (Å²) in [7, 11) is 1.66. The van der Waals surface area contributed by atoms with Gasteiger partial charge >= 0.3 is 0 Å². The van der Waals surface area contributed by atoms with Crippen LogP contribution in [0.5, 0.6) is 5.75 Å². The highest BCUT2D eigenvalue weighted by molar-refractivity contribution is 5.81. The highest BCUT2D eigenvalue weighted by Crippen LogP contribution is 2.26. The standard InChI is InChI=1S/C17H25NO3/c1-3-16(17(19)18-10-5-11-20-2)21-15-9-8-13-6-4-7-14(13)12-15/h8-9,12,16H,3-7,10-11H2,1-2H3,(H,18,19)/t16-/m1/s1. The molecule has 0 aliphatic heterocycles. The minimum atomic E-state index is -0.424. The zero-order valence-corrected chi connectivity index (χ0v) is 13.0. The molecule has 0 spiro atoms. The summed E-state index contributed by atoms with van der Waals surface area (Å²) in [5, 5.41) is 2.90. The van der Waals surface area contributed by atoms with Crippen molar-refractivity contribution < 1.29 is 14.3 Å². The molecule has 0 saturated carbocycles. The summed E-state index contributed by atoms with van der Waals surface area (Å²) >= 11 is 0. The van der Waals surface area contributed by atoms with Crippen molar-refractivity contribution >= 4 is 5.91 Å². The van der Waals surface area contributed by atoms with Crippen molar-refractivity contribution in [3.05, 3.63) is 29.3 Å². The Kier molecular flexibility index (Phi) is 6.05. The molecule has 0 radical (unpaired) electrons. The molecule has 2 rings (SSSR count). The Balaban J connectivity index is 1.88. The topological polar surface area (TPSA) is 47.6 Å². The Bertz CT molecular complexity index is 473. The molecule has 1 aliphatic rings. The monoisotopic (exact) mass is 291 g/mol. The highest BCUT2D eigenvalue weighted by atomic mass is 16.5. The van der Waals surface area contributed by atoms with Gasteiger partial charge in [0, 0.05) is 20.3 Å². The Hall–Kier alpha value is -1.55. The quantitative estimate of drug-likeness (QED) is 0.749. The van der Waals surface area contributed by atoms with Gasteiger partial charge in [-0.2, -0.15) is 0 Å². The van der Waals surface area contributed by atoms with E-state index in [1.54, 1.807) is 7.11 Å². The molecule has 4 heteroatoms. The molecule has 1 aliphatic carbocycles. The molecule has 0 heterocycles. The van der Waals surface area contributed by atoms with Gasteiger partial charge in [0.15, 0.2) is 6.10 Å². The van der Waals surface area contributed by atoms with Gasteiger partial charge in [0.2, 0.25) is 0 Å². The molecular weight excluding hydrogens is 266 g/mol. The van der Waals surface area contributed by atoms with Crippen LogP contribution in [-0.4, -0.2) is 32.3 Å². The van der Waals surface area contributed by atoms with E-state index in [2.05, 4.69) is 17.4 Å². The number of methoxy groups -OCH3 is 1. The smallest absolute Gasteiger partial charge is 0.261 e. The minimum Gasteiger partial charge on any atom is -0.481 e. The second kappa shape index (κ2) is 8.03. The average molecular weight is 291 g/mol. The fourth-order valence-electron chi connectivity index (χ4n) is 2.65. The summed E-state index contributed by atoms with van der Waals surface area (Å²) in [6, 6.07) is 6.19. The molecule has 1 aromatic carbocycles. The van der Waals surface area contributed by atoms with Crippen LogP contribution in [0.15, 0.2) is 18.2 Å². The van der Waals surface area contributed by atoms with Gasteiger partial charge in [-0.1, -0.05) is 13.0 Å². The Labute approximate surface area is 126 Å². The molecule has 1 aromatic rings. The second-order valence-corrected chi connectivity index (χ2v) is 5.44. The number of amides is 1. The third-order valence-electron chi connectivity index (χ3n) is 3.84. The number of ether oxygens (including phenoxy) is 2. The van der Waals surface area contributed by atoms with Crippen LogP contribution in [0.2, 0.25) is 0 Å². The molecule has 0 fully saturated rings. The van der Waals surface area contributed by atoms with Crippen LogP contribution < -0.4 is 10.1 Å². The molecule has 4 nitrogen and oxygen atoms in total. The normalized spacial score (nSPS) is 14.6. The van der Waals surface area contributed by atoms with Gasteiger partial charge in [0.1, 0.15) is 5.75 Å². The lowest BCUT2D eigenvalue weighted by Crippen LogP contribution is -2.38. The van der Waals surface area contributed by atoms with Crippen molar-refractivity contribution in [2.45, 2.75) is 45.1 Å². The predicted octanol–water partition coefficient (Wildman–Crippen LogP) is 2.49. The van der Waals surface area contributed by atoms with E-state index in [1.165, 1.54) is 17.5 Å². The fraction of sp³-hybridized carbons (Fsp3) is 0.588. The molecular formula is C17H25NO3. The van der Waals surface area contributed by atoms with Crippen molar-refractivity contribution in [2.24, 2.45) is 0 Å². The van der Waals surface area contributed by atoms with E-state index in [0.29, 0.717) is 19.6 Å². The van der Waals surface area contributed by atoms with Gasteiger partial charge in [-0.25, -0.2) is 0 Å². The zero-order chi connectivity index (χ0) is 15.1. The maximum absolute atomic E-state index is 12.1. The first-order valence-corrected chi connectivity index (χ1v) is 7.79. The average Bonchev–Trinajstić information content (AvgIpc) is 2.96. The highest BCUT2D eigenvalue weighted by Gasteiger charge is 2.19. The number of benzene rings is 1. The van der Waals surface area contributed by atoms with Crippen LogP contribution in [0.4, 0.5) is 0 Å². The maximum Gasteiger partial charge on any atom is 0.261 e. The number of fused-ring (bicyclic) bond motifs is 1. The summed E-state index contributed by atoms with van der Waals surface area (Å²) < 4.78 is 10.8. The number of rotatable bonds is 8. The maximum atomic E-state index is 12.1. The number of aryl methyl sites for hydroxylation is 2. The first kappa shape index (κ1) is 15.8. The van der Waals surface area contributed by atoms with Gasteiger partial charge in [0.05, 0.1) is 0 Å². The molecule has 116 valence electrons. The van der Waals surface area contributed by atoms with Crippen molar-refractivity contribution in [1.29, 1.82) is 0 Å². The van der Waals surface area contributed by atoms with E-state index in [4.69, 9.17) is 9.47 Å². The summed E-state index contributed by atoms with van der Waals surface area (Å²) in [5.74, 6) is 0.753. The van der Waals surface area contributed by atoms with Gasteiger partial charge in [-0.05, 0) is 55.4 Å². The van der Waals surface area contributed by atoms with Crippen LogP contribution in [0.1, 0.15) is 37.3 Å². The van der Waals surface area contributed by atoms with Crippen molar-refractivity contribution in [3.63, 3.8) is 0 Å². The Morgan fingerprint density at radius 2 is 2.14 bits per heavy atom. The van der Waals surface area contributed by atoms with Crippen LogP contribution in [0.25, 0.3) is 0 Å². The van der Waals surface area contributed by atoms with E-state index in [0.717, 1.165) is 25.0 Å². The van der Waals surface area contributed by atoms with Crippen LogP contribution in [0.3, 0.4) is 0 Å². The van der Waals surface area contributed by atoms with E-state index in [-0.39, 0.29) is 5.91 Å². The lowest BCUT2D eigenvalue weighted by molar-refractivity contribution is -0.128. The molecule has 1 N–H and O–H groups in total. The number of hydrogen-bond acceptors (Lipinski definition) is 3. The summed E-state index contributed by atoms with van der Waals surface area (Å²) in [5.41, 5.74) is 2.78. The predicted molar refractivity (Wildman–Crippen MR) is 82.7 cm³/mol. The van der Waals surface area contributed by atoms with Gasteiger partial charge in [0.25, 0.3) is 5.91 Å². The molecule has 1 amide bonds. The number of carbonyl (C=O) groups excluding carboxylic acids is 1. The van der Waals surface area contributed by atoms with E-state index in [9.17, 15) is 4.79 Å². The van der Waals surface area contributed by atoms with Gasteiger partial charge < -0.3 is 14.8 Å². The zero-order valence-electron chi connectivity index (χ0n) is 13.0. The number of carbonyl (C=O) groups is 1. The van der Waals surface area contributed by atoms with Crippen LogP contribution in [-0.2, 0) is 22.4 Å². The second-order valence-electron chi connectivity index (χ2n) is 5.44. The number of hydrogen-bond donors (Lipinski definition) is 1. The van der Waals surface area contributed by atoms with Gasteiger partial charge in [-0.15, -0.1) is 0 Å². The van der Waals surface area contributed by atoms with Crippen LogP contribution >= 0.6 is 0 Å². The van der Waals surface area contributed by atoms with Crippen molar-refractivity contribution in [3.8, 4) is 5.75 Å². The first-order valence-electron chi connectivity index (χ1n) is 7.79. The van der Waals surface area contributed by atoms with Crippen molar-refractivity contribution in [1.82, 2.24) is 5.32 Å². The lowest BCUT2D eigenvalue weighted by Gasteiger charge is -2.18. The molecule has 1 atom stereocenters.